The van der Waals surface area contributed by atoms with Crippen LogP contribution < -0.4 is 4.74 Å². The van der Waals surface area contributed by atoms with Crippen molar-refractivity contribution in [3.8, 4) is 5.75 Å². The molecule has 1 atom stereocenters. The van der Waals surface area contributed by atoms with Crippen molar-refractivity contribution in [2.24, 2.45) is 0 Å². The summed E-state index contributed by atoms with van der Waals surface area (Å²) in [4.78, 5) is 28.3. The topological polar surface area (TPSA) is 49.9 Å². The molecule has 0 unspecified atom stereocenters. The number of methoxy groups -OCH3 is 1. The lowest BCUT2D eigenvalue weighted by atomic mass is 9.93. The minimum Gasteiger partial charge on any atom is -0.496 e. The fourth-order valence-electron chi connectivity index (χ4n) is 3.45. The Bertz CT molecular complexity index is 926. The van der Waals surface area contributed by atoms with E-state index in [0.29, 0.717) is 17.3 Å². The largest absolute Gasteiger partial charge is 0.496 e. The molecule has 1 aliphatic rings. The van der Waals surface area contributed by atoms with E-state index in [1.54, 1.807) is 48.4 Å². The molecule has 0 fully saturated rings. The quantitative estimate of drug-likeness (QED) is 0.755. The summed E-state index contributed by atoms with van der Waals surface area (Å²) in [6.07, 6.45) is 3.85. The molecule has 1 aliphatic heterocycles. The molecule has 2 aromatic rings. The monoisotopic (exact) mass is 398 g/mol. The molecule has 0 radical (unpaired) electrons. The van der Waals surface area contributed by atoms with Gasteiger partial charge in [-0.05, 0) is 35.4 Å². The van der Waals surface area contributed by atoms with Crippen molar-refractivity contribution < 1.29 is 14.3 Å². The van der Waals surface area contributed by atoms with Crippen LogP contribution in [-0.4, -0.2) is 35.8 Å². The van der Waals surface area contributed by atoms with E-state index in [0.717, 1.165) is 16.7 Å². The maximum absolute atomic E-state index is 13.0. The zero-order valence-electron chi connectivity index (χ0n) is 16.2. The van der Waals surface area contributed by atoms with E-state index in [1.807, 2.05) is 30.3 Å². The van der Waals surface area contributed by atoms with Gasteiger partial charge in [-0.1, -0.05) is 35.9 Å². The molecule has 0 saturated heterocycles. The van der Waals surface area contributed by atoms with Crippen LogP contribution in [0, 0.1) is 0 Å². The van der Waals surface area contributed by atoms with Gasteiger partial charge in [-0.2, -0.15) is 0 Å². The number of hydrogen-bond acceptors (Lipinski definition) is 3. The average molecular weight is 399 g/mol. The second-order valence-corrected chi connectivity index (χ2v) is 7.23. The van der Waals surface area contributed by atoms with Gasteiger partial charge in [-0.3, -0.25) is 9.59 Å². The third-order valence-corrected chi connectivity index (χ3v) is 5.15. The van der Waals surface area contributed by atoms with Crippen molar-refractivity contribution in [2.45, 2.75) is 25.9 Å². The minimum atomic E-state index is -0.324. The molecule has 146 valence electrons. The lowest BCUT2D eigenvalue weighted by molar-refractivity contribution is -0.134. The molecule has 1 heterocycles. The summed E-state index contributed by atoms with van der Waals surface area (Å²) in [6.45, 7) is 1.88. The van der Waals surface area contributed by atoms with Crippen molar-refractivity contribution in [2.75, 3.05) is 14.2 Å². The highest BCUT2D eigenvalue weighted by Gasteiger charge is 2.29. The zero-order chi connectivity index (χ0) is 20.3. The summed E-state index contributed by atoms with van der Waals surface area (Å²) in [5, 5.41) is 0.589. The Morgan fingerprint density at radius 3 is 2.68 bits per heavy atom. The summed E-state index contributed by atoms with van der Waals surface area (Å²) in [5.41, 5.74) is 2.83. The lowest BCUT2D eigenvalue weighted by Gasteiger charge is -2.33. The third-order valence-electron chi connectivity index (χ3n) is 4.91. The van der Waals surface area contributed by atoms with E-state index in [9.17, 15) is 9.59 Å². The second-order valence-electron chi connectivity index (χ2n) is 6.80. The summed E-state index contributed by atoms with van der Waals surface area (Å²) in [5.74, 6) is 0.520. The molecule has 0 N–H and O–H groups in total. The lowest BCUT2D eigenvalue weighted by Crippen LogP contribution is -2.35. The first-order valence-corrected chi connectivity index (χ1v) is 9.41. The van der Waals surface area contributed by atoms with E-state index >= 15 is 0 Å². The number of hydrogen-bond donors (Lipinski definition) is 0. The van der Waals surface area contributed by atoms with Gasteiger partial charge in [0.1, 0.15) is 5.75 Å². The van der Waals surface area contributed by atoms with Gasteiger partial charge in [0.2, 0.25) is 11.8 Å². The van der Waals surface area contributed by atoms with Crippen LogP contribution in [0.5, 0.6) is 5.75 Å². The highest BCUT2D eigenvalue weighted by atomic mass is 35.5. The Balaban J connectivity index is 1.80. The molecule has 0 bridgehead atoms. The van der Waals surface area contributed by atoms with Crippen molar-refractivity contribution in [3.63, 3.8) is 0 Å². The number of nitrogens with zero attached hydrogens (tertiary/aromatic N) is 2. The predicted octanol–water partition coefficient (Wildman–Crippen LogP) is 4.27. The Morgan fingerprint density at radius 2 is 1.96 bits per heavy atom. The molecule has 28 heavy (non-hydrogen) atoms. The maximum Gasteiger partial charge on any atom is 0.225 e. The Kier molecular flexibility index (Phi) is 6.05. The Labute approximate surface area is 170 Å². The van der Waals surface area contributed by atoms with Crippen molar-refractivity contribution in [3.05, 3.63) is 70.4 Å². The fraction of sp³-hybridized carbons (Fsp3) is 0.273. The smallest absolute Gasteiger partial charge is 0.225 e. The van der Waals surface area contributed by atoms with Crippen molar-refractivity contribution in [1.82, 2.24) is 9.80 Å². The van der Waals surface area contributed by atoms with E-state index in [2.05, 4.69) is 0 Å². The number of fused-ring (bicyclic) bond motifs is 1. The Hall–Kier alpha value is -2.79. The van der Waals surface area contributed by atoms with Crippen molar-refractivity contribution in [1.29, 1.82) is 0 Å². The summed E-state index contributed by atoms with van der Waals surface area (Å²) in [6, 6.07) is 12.8. The van der Waals surface area contributed by atoms with Crippen LogP contribution >= 0.6 is 11.6 Å². The van der Waals surface area contributed by atoms with Crippen LogP contribution in [0.25, 0.3) is 6.08 Å². The number of halogens is 1. The molecule has 0 aromatic heterocycles. The van der Waals surface area contributed by atoms with Gasteiger partial charge < -0.3 is 14.5 Å². The van der Waals surface area contributed by atoms with Gasteiger partial charge in [0, 0.05) is 37.3 Å². The summed E-state index contributed by atoms with van der Waals surface area (Å²) < 4.78 is 5.37. The van der Waals surface area contributed by atoms with Crippen LogP contribution in [-0.2, 0) is 16.1 Å². The molecule has 0 saturated carbocycles. The van der Waals surface area contributed by atoms with Crippen molar-refractivity contribution >= 4 is 29.5 Å². The number of amides is 2. The first-order valence-electron chi connectivity index (χ1n) is 9.03. The van der Waals surface area contributed by atoms with Gasteiger partial charge in [0.15, 0.2) is 0 Å². The van der Waals surface area contributed by atoms with Gasteiger partial charge in [-0.15, -0.1) is 0 Å². The summed E-state index contributed by atoms with van der Waals surface area (Å²) in [7, 11) is 3.33. The first-order chi connectivity index (χ1) is 13.4. The molecule has 2 aromatic carbocycles. The zero-order valence-corrected chi connectivity index (χ0v) is 16.9. The van der Waals surface area contributed by atoms with E-state index in [4.69, 9.17) is 16.3 Å². The molecule has 5 nitrogen and oxygen atoms in total. The second kappa shape index (κ2) is 8.48. The highest BCUT2D eigenvalue weighted by Crippen LogP contribution is 2.33. The molecule has 0 spiro atoms. The van der Waals surface area contributed by atoms with Crippen LogP contribution in [0.3, 0.4) is 0 Å². The molecule has 2 amide bonds. The third kappa shape index (κ3) is 4.20. The molecular formula is C22H23ClN2O3. The average Bonchev–Trinajstić information content (AvgIpc) is 2.68. The molecule has 0 aliphatic carbocycles. The van der Waals surface area contributed by atoms with Crippen LogP contribution in [0.2, 0.25) is 5.02 Å². The minimum absolute atomic E-state index is 0.0663. The normalized spacial score (nSPS) is 15.1. The number of rotatable bonds is 5. The van der Waals surface area contributed by atoms with E-state index in [1.165, 1.54) is 6.92 Å². The number of carbonyl (C=O) groups excluding carboxylic acids is 2. The standard InChI is InChI=1S/C22H23ClN2O3/c1-15(26)25-11-10-16-6-4-5-7-19(16)20(25)13-22(27)24(2)14-17-12-18(23)8-9-21(17)28-3/h4-12,20H,13-14H2,1-3H3/t20-/m1/s1. The van der Waals surface area contributed by atoms with E-state index in [-0.39, 0.29) is 24.3 Å². The first kappa shape index (κ1) is 20.0. The highest BCUT2D eigenvalue weighted by molar-refractivity contribution is 6.30. The Morgan fingerprint density at radius 1 is 1.21 bits per heavy atom. The number of carbonyl (C=O) groups is 2. The fourth-order valence-corrected chi connectivity index (χ4v) is 3.64. The summed E-state index contributed by atoms with van der Waals surface area (Å²) >= 11 is 6.09. The molecule has 6 heteroatoms. The van der Waals surface area contributed by atoms with E-state index < -0.39 is 0 Å². The number of benzene rings is 2. The van der Waals surface area contributed by atoms with Crippen LogP contribution in [0.4, 0.5) is 0 Å². The molecule has 3 rings (SSSR count). The maximum atomic E-state index is 13.0. The van der Waals surface area contributed by atoms with Crippen LogP contribution in [0.15, 0.2) is 48.7 Å². The SMILES string of the molecule is COc1ccc(Cl)cc1CN(C)C(=O)C[C@@H]1c2ccccc2C=CN1C(C)=O. The van der Waals surface area contributed by atoms with Crippen LogP contribution in [0.1, 0.15) is 36.1 Å². The van der Waals surface area contributed by atoms with Gasteiger partial charge in [0.25, 0.3) is 0 Å². The van der Waals surface area contributed by atoms with Gasteiger partial charge in [-0.25, -0.2) is 0 Å². The predicted molar refractivity (Wildman–Crippen MR) is 110 cm³/mol. The van der Waals surface area contributed by atoms with Gasteiger partial charge >= 0.3 is 0 Å². The number of ether oxygens (including phenoxy) is 1. The molecular weight excluding hydrogens is 376 g/mol. The van der Waals surface area contributed by atoms with Gasteiger partial charge in [0.05, 0.1) is 19.6 Å².